The molecule has 1 atom stereocenters. The van der Waals surface area contributed by atoms with E-state index in [4.69, 9.17) is 14.4 Å². The van der Waals surface area contributed by atoms with E-state index in [0.29, 0.717) is 12.4 Å². The lowest BCUT2D eigenvalue weighted by atomic mass is 9.94. The molecule has 5 nitrogen and oxygen atoms in total. The minimum atomic E-state index is -0.267. The smallest absolute Gasteiger partial charge is 0.202 e. The van der Waals surface area contributed by atoms with Crippen LogP contribution in [0.1, 0.15) is 22.9 Å². The maximum atomic E-state index is 6.51. The lowest BCUT2D eigenvalue weighted by Crippen LogP contribution is -2.33. The topological polar surface area (TPSA) is 61.9 Å². The Bertz CT molecular complexity index is 2690. The zero-order valence-electron chi connectivity index (χ0n) is 26.5. The molecule has 0 saturated heterocycles. The van der Waals surface area contributed by atoms with E-state index in [9.17, 15) is 0 Å². The van der Waals surface area contributed by atoms with Crippen molar-refractivity contribution in [1.29, 1.82) is 0 Å². The lowest BCUT2D eigenvalue weighted by Gasteiger charge is -2.25. The van der Waals surface area contributed by atoms with Gasteiger partial charge in [-0.2, -0.15) is 0 Å². The Hall–Kier alpha value is -6.46. The quantitative estimate of drug-likeness (QED) is 0.190. The highest BCUT2D eigenvalue weighted by atomic mass is 16.3. The van der Waals surface area contributed by atoms with Crippen molar-refractivity contribution >= 4 is 66.4 Å². The number of nitrogens with one attached hydrogen (secondary N) is 2. The molecule has 0 fully saturated rings. The molecular formula is C44H30N4O. The van der Waals surface area contributed by atoms with Gasteiger partial charge in [-0.1, -0.05) is 133 Å². The Kier molecular flexibility index (Phi) is 6.24. The van der Waals surface area contributed by atoms with Crippen molar-refractivity contribution in [3.8, 4) is 11.1 Å². The molecule has 8 aromatic rings. The molecule has 1 aromatic heterocycles. The van der Waals surface area contributed by atoms with Crippen LogP contribution in [0.4, 0.5) is 5.88 Å². The Morgan fingerprint density at radius 1 is 0.571 bits per heavy atom. The molecule has 0 spiro atoms. The Balaban J connectivity index is 1.05. The Morgan fingerprint density at radius 3 is 2.08 bits per heavy atom. The van der Waals surface area contributed by atoms with Gasteiger partial charge in [-0.3, -0.25) is 0 Å². The number of amidine groups is 2. The molecule has 2 N–H and O–H groups in total. The van der Waals surface area contributed by atoms with E-state index in [1.807, 2.05) is 36.4 Å². The van der Waals surface area contributed by atoms with Gasteiger partial charge < -0.3 is 15.1 Å². The average molecular weight is 631 g/mol. The number of benzene rings is 7. The number of hydrogen-bond acceptors (Lipinski definition) is 5. The van der Waals surface area contributed by atoms with Crippen LogP contribution in [0.3, 0.4) is 0 Å². The van der Waals surface area contributed by atoms with Crippen molar-refractivity contribution in [3.63, 3.8) is 0 Å². The van der Waals surface area contributed by atoms with Gasteiger partial charge in [-0.25, -0.2) is 9.98 Å². The first-order valence-electron chi connectivity index (χ1n) is 16.7. The van der Waals surface area contributed by atoms with Crippen LogP contribution in [-0.2, 0) is 0 Å². The summed E-state index contributed by atoms with van der Waals surface area (Å²) in [5.41, 5.74) is 7.15. The van der Waals surface area contributed by atoms with E-state index in [1.165, 1.54) is 32.3 Å². The number of rotatable bonds is 4. The van der Waals surface area contributed by atoms with Gasteiger partial charge in [-0.15, -0.1) is 0 Å². The van der Waals surface area contributed by atoms with Crippen LogP contribution in [0.2, 0.25) is 0 Å². The summed E-state index contributed by atoms with van der Waals surface area (Å²) in [6.07, 6.45) is 1.90. The molecule has 0 radical (unpaired) electrons. The predicted octanol–water partition coefficient (Wildman–Crippen LogP) is 10.5. The molecule has 49 heavy (non-hydrogen) atoms. The number of nitrogens with zero attached hydrogens (tertiary/aromatic N) is 2. The minimum absolute atomic E-state index is 0.267. The molecule has 0 saturated carbocycles. The highest BCUT2D eigenvalue weighted by Gasteiger charge is 2.28. The minimum Gasteiger partial charge on any atom is -0.440 e. The van der Waals surface area contributed by atoms with E-state index >= 15 is 0 Å². The van der Waals surface area contributed by atoms with E-state index in [1.54, 1.807) is 0 Å². The van der Waals surface area contributed by atoms with Crippen LogP contribution < -0.4 is 10.6 Å². The summed E-state index contributed by atoms with van der Waals surface area (Å²) in [7, 11) is 0. The Labute approximate surface area is 283 Å². The molecule has 1 unspecified atom stereocenters. The summed E-state index contributed by atoms with van der Waals surface area (Å²) in [5, 5.41) is 15.6. The van der Waals surface area contributed by atoms with Crippen molar-refractivity contribution in [2.24, 2.45) is 9.98 Å². The van der Waals surface area contributed by atoms with Gasteiger partial charge in [0.25, 0.3) is 0 Å². The molecule has 2 aliphatic heterocycles. The van der Waals surface area contributed by atoms with Gasteiger partial charge in [0.2, 0.25) is 5.88 Å². The molecular weight excluding hydrogens is 601 g/mol. The first-order valence-corrected chi connectivity index (χ1v) is 16.7. The third-order valence-corrected chi connectivity index (χ3v) is 9.75. The molecule has 0 aliphatic carbocycles. The molecule has 3 heterocycles. The molecule has 5 heteroatoms. The van der Waals surface area contributed by atoms with Crippen LogP contribution in [0.15, 0.2) is 166 Å². The van der Waals surface area contributed by atoms with Gasteiger partial charge in [0, 0.05) is 23.1 Å². The summed E-state index contributed by atoms with van der Waals surface area (Å²) in [5.74, 6) is 2.24. The number of anilines is 1. The molecule has 2 aliphatic rings. The number of aliphatic imine (C=N–C) groups is 2. The van der Waals surface area contributed by atoms with Crippen LogP contribution >= 0.6 is 0 Å². The van der Waals surface area contributed by atoms with Crippen molar-refractivity contribution in [2.45, 2.75) is 6.17 Å². The standard InChI is InChI=1S/C44H30N4O/c1-3-10-28(11-4-1)41-46-42(29-12-5-2-6-13-29)48-43(47-41)38-23-24-45-44-40(38)37-22-17-31(26-39(37)49-44)30-16-19-34-32(25-30)18-21-35-33-14-8-7-9-27(33)15-20-36(34)35/h1-23,25-26,41,45H,24H2,(H,46,47,48). The second-order valence-electron chi connectivity index (χ2n) is 12.6. The maximum Gasteiger partial charge on any atom is 0.202 e. The summed E-state index contributed by atoms with van der Waals surface area (Å²) in [6.45, 7) is 0.627. The van der Waals surface area contributed by atoms with Crippen LogP contribution in [0, 0.1) is 0 Å². The predicted molar refractivity (Wildman–Crippen MR) is 203 cm³/mol. The Morgan fingerprint density at radius 2 is 1.24 bits per heavy atom. The number of hydrogen-bond donors (Lipinski definition) is 2. The summed E-state index contributed by atoms with van der Waals surface area (Å²) in [6, 6.07) is 51.4. The average Bonchev–Trinajstić information content (AvgIpc) is 3.56. The zero-order chi connectivity index (χ0) is 32.3. The first-order chi connectivity index (χ1) is 24.3. The van der Waals surface area contributed by atoms with E-state index in [-0.39, 0.29) is 6.17 Å². The first kappa shape index (κ1) is 27.6. The van der Waals surface area contributed by atoms with Gasteiger partial charge in [0.15, 0.2) is 5.84 Å². The van der Waals surface area contributed by atoms with Gasteiger partial charge in [0.1, 0.15) is 17.6 Å². The van der Waals surface area contributed by atoms with E-state index < -0.39 is 0 Å². The molecule has 0 bridgehead atoms. The van der Waals surface area contributed by atoms with Gasteiger partial charge in [-0.05, 0) is 67.2 Å². The van der Waals surface area contributed by atoms with Crippen molar-refractivity contribution in [3.05, 3.63) is 168 Å². The molecule has 232 valence electrons. The van der Waals surface area contributed by atoms with Gasteiger partial charge in [0.05, 0.1) is 5.56 Å². The number of furan rings is 1. The fourth-order valence-corrected chi connectivity index (χ4v) is 7.35. The monoisotopic (exact) mass is 630 g/mol. The highest BCUT2D eigenvalue weighted by molar-refractivity contribution is 6.31. The summed E-state index contributed by atoms with van der Waals surface area (Å²) >= 11 is 0. The van der Waals surface area contributed by atoms with Crippen molar-refractivity contribution in [1.82, 2.24) is 5.32 Å². The third-order valence-electron chi connectivity index (χ3n) is 9.75. The van der Waals surface area contributed by atoms with E-state index in [2.05, 4.69) is 126 Å². The summed E-state index contributed by atoms with van der Waals surface area (Å²) in [4.78, 5) is 10.2. The lowest BCUT2D eigenvalue weighted by molar-refractivity contribution is 0.627. The molecule has 0 amide bonds. The molecule has 10 rings (SSSR count). The van der Waals surface area contributed by atoms with Crippen molar-refractivity contribution in [2.75, 3.05) is 11.9 Å². The second-order valence-corrected chi connectivity index (χ2v) is 12.6. The fraction of sp³-hybridized carbons (Fsp3) is 0.0455. The van der Waals surface area contributed by atoms with E-state index in [0.717, 1.165) is 56.1 Å². The van der Waals surface area contributed by atoms with Crippen molar-refractivity contribution < 1.29 is 4.42 Å². The molecule has 7 aromatic carbocycles. The highest BCUT2D eigenvalue weighted by Crippen LogP contribution is 2.41. The van der Waals surface area contributed by atoms with Crippen LogP contribution in [0.25, 0.3) is 60.0 Å². The normalized spacial score (nSPS) is 15.8. The third kappa shape index (κ3) is 4.62. The zero-order valence-corrected chi connectivity index (χ0v) is 26.5. The van der Waals surface area contributed by atoms with Crippen LogP contribution in [0.5, 0.6) is 0 Å². The fourth-order valence-electron chi connectivity index (χ4n) is 7.35. The van der Waals surface area contributed by atoms with Crippen LogP contribution in [-0.4, -0.2) is 18.2 Å². The SMILES string of the molecule is C1=C(C2=NC(c3ccccc3)NC(c3ccccc3)=N2)c2c(oc3cc(-c4ccc5c(ccc6c7ccccc7ccc56)c4)ccc23)NC1. The summed E-state index contributed by atoms with van der Waals surface area (Å²) < 4.78 is 6.51. The van der Waals surface area contributed by atoms with Gasteiger partial charge >= 0.3 is 0 Å². The second kappa shape index (κ2) is 11.1. The number of fused-ring (bicyclic) bond motifs is 8. The largest absolute Gasteiger partial charge is 0.440 e. The maximum absolute atomic E-state index is 6.51.